The van der Waals surface area contributed by atoms with E-state index >= 15 is 0 Å². The normalized spacial score (nSPS) is 10.1. The number of rotatable bonds is 3. The summed E-state index contributed by atoms with van der Waals surface area (Å²) in [5.41, 5.74) is 7.69. The Morgan fingerprint density at radius 3 is 2.56 bits per heavy atom. The van der Waals surface area contributed by atoms with Gasteiger partial charge in [-0.05, 0) is 23.8 Å². The Hall–Kier alpha value is -2.00. The van der Waals surface area contributed by atoms with E-state index in [1.165, 1.54) is 0 Å². The van der Waals surface area contributed by atoms with Crippen molar-refractivity contribution in [2.45, 2.75) is 6.42 Å². The van der Waals surface area contributed by atoms with Crippen LogP contribution in [0.25, 0.3) is 0 Å². The van der Waals surface area contributed by atoms with Gasteiger partial charge in [0, 0.05) is 5.69 Å². The third-order valence-electron chi connectivity index (χ3n) is 2.47. The highest BCUT2D eigenvalue weighted by atomic mass is 35.5. The number of amides is 1. The van der Waals surface area contributed by atoms with Crippen molar-refractivity contribution >= 4 is 28.9 Å². The second kappa shape index (κ2) is 5.56. The lowest BCUT2D eigenvalue weighted by Crippen LogP contribution is -2.14. The molecular weight excluding hydrogens is 248 g/mol. The third kappa shape index (κ3) is 3.25. The van der Waals surface area contributed by atoms with Crippen molar-refractivity contribution in [3.8, 4) is 0 Å². The van der Waals surface area contributed by atoms with Gasteiger partial charge in [-0.2, -0.15) is 0 Å². The first-order valence-electron chi connectivity index (χ1n) is 5.54. The summed E-state index contributed by atoms with van der Waals surface area (Å²) in [4.78, 5) is 11.8. The largest absolute Gasteiger partial charge is 0.399 e. The zero-order valence-corrected chi connectivity index (χ0v) is 10.4. The lowest BCUT2D eigenvalue weighted by molar-refractivity contribution is -0.115. The summed E-state index contributed by atoms with van der Waals surface area (Å²) in [5.74, 6) is -0.104. The first-order valence-corrected chi connectivity index (χ1v) is 5.92. The Bertz CT molecular complexity index is 555. The number of anilines is 2. The fraction of sp³-hybridized carbons (Fsp3) is 0.0714. The van der Waals surface area contributed by atoms with Crippen LogP contribution in [-0.2, 0) is 11.2 Å². The number of benzene rings is 2. The number of hydrogen-bond acceptors (Lipinski definition) is 2. The van der Waals surface area contributed by atoms with Gasteiger partial charge in [-0.3, -0.25) is 4.79 Å². The van der Waals surface area contributed by atoms with E-state index in [2.05, 4.69) is 5.32 Å². The molecule has 1 amide bonds. The third-order valence-corrected chi connectivity index (χ3v) is 2.79. The van der Waals surface area contributed by atoms with Crippen LogP contribution in [0.15, 0.2) is 48.5 Å². The van der Waals surface area contributed by atoms with Gasteiger partial charge >= 0.3 is 0 Å². The summed E-state index contributed by atoms with van der Waals surface area (Å²) in [6.07, 6.45) is 0.321. The molecule has 0 heterocycles. The number of carbonyl (C=O) groups excluding carboxylic acids is 1. The van der Waals surface area contributed by atoms with Crippen molar-refractivity contribution in [1.29, 1.82) is 0 Å². The monoisotopic (exact) mass is 260 g/mol. The molecule has 2 rings (SSSR count). The summed E-state index contributed by atoms with van der Waals surface area (Å²) >= 11 is 5.98. The summed E-state index contributed by atoms with van der Waals surface area (Å²) in [6, 6.07) is 14.5. The minimum Gasteiger partial charge on any atom is -0.399 e. The van der Waals surface area contributed by atoms with Crippen LogP contribution in [0.1, 0.15) is 5.56 Å². The van der Waals surface area contributed by atoms with E-state index in [1.807, 2.05) is 30.3 Å². The lowest BCUT2D eigenvalue weighted by atomic mass is 10.1. The molecule has 4 heteroatoms. The van der Waals surface area contributed by atoms with Crippen LogP contribution >= 0.6 is 11.6 Å². The van der Waals surface area contributed by atoms with Gasteiger partial charge in [0.2, 0.25) is 5.91 Å². The molecule has 0 aromatic heterocycles. The molecule has 0 aliphatic rings. The van der Waals surface area contributed by atoms with Crippen molar-refractivity contribution in [1.82, 2.24) is 0 Å². The molecule has 18 heavy (non-hydrogen) atoms. The van der Waals surface area contributed by atoms with E-state index in [9.17, 15) is 4.79 Å². The summed E-state index contributed by atoms with van der Waals surface area (Å²) in [5, 5.41) is 3.20. The van der Waals surface area contributed by atoms with E-state index in [0.29, 0.717) is 22.8 Å². The Morgan fingerprint density at radius 2 is 1.89 bits per heavy atom. The second-order valence-corrected chi connectivity index (χ2v) is 4.36. The van der Waals surface area contributed by atoms with E-state index in [1.54, 1.807) is 18.2 Å². The topological polar surface area (TPSA) is 55.1 Å². The molecule has 0 unspecified atom stereocenters. The molecule has 0 aliphatic carbocycles. The maximum atomic E-state index is 11.8. The molecule has 0 saturated heterocycles. The van der Waals surface area contributed by atoms with Crippen molar-refractivity contribution in [3.63, 3.8) is 0 Å². The molecular formula is C14H13ClN2O. The predicted octanol–water partition coefficient (Wildman–Crippen LogP) is 3.10. The van der Waals surface area contributed by atoms with Crippen LogP contribution in [-0.4, -0.2) is 5.91 Å². The molecule has 0 saturated carbocycles. The van der Waals surface area contributed by atoms with Gasteiger partial charge in [0.05, 0.1) is 17.1 Å². The zero-order chi connectivity index (χ0) is 13.0. The maximum Gasteiger partial charge on any atom is 0.228 e. The van der Waals surface area contributed by atoms with Crippen LogP contribution < -0.4 is 11.1 Å². The predicted molar refractivity (Wildman–Crippen MR) is 74.6 cm³/mol. The SMILES string of the molecule is Nc1ccc(NC(=O)Cc2ccccc2)c(Cl)c1. The number of hydrogen-bond donors (Lipinski definition) is 2. The Balaban J connectivity index is 2.03. The average molecular weight is 261 g/mol. The number of nitrogens with two attached hydrogens (primary N) is 1. The van der Waals surface area contributed by atoms with Gasteiger partial charge in [-0.15, -0.1) is 0 Å². The maximum absolute atomic E-state index is 11.8. The summed E-state index contributed by atoms with van der Waals surface area (Å²) in [6.45, 7) is 0. The Kier molecular flexibility index (Phi) is 3.85. The van der Waals surface area contributed by atoms with Crippen molar-refractivity contribution in [2.24, 2.45) is 0 Å². The smallest absolute Gasteiger partial charge is 0.228 e. The van der Waals surface area contributed by atoms with E-state index in [-0.39, 0.29) is 5.91 Å². The van der Waals surface area contributed by atoms with Gasteiger partial charge in [-0.1, -0.05) is 41.9 Å². The number of halogens is 1. The van der Waals surface area contributed by atoms with Gasteiger partial charge < -0.3 is 11.1 Å². The number of nitrogens with one attached hydrogen (secondary N) is 1. The van der Waals surface area contributed by atoms with Gasteiger partial charge in [-0.25, -0.2) is 0 Å². The second-order valence-electron chi connectivity index (χ2n) is 3.95. The van der Waals surface area contributed by atoms with Gasteiger partial charge in [0.1, 0.15) is 0 Å². The summed E-state index contributed by atoms with van der Waals surface area (Å²) in [7, 11) is 0. The van der Waals surface area contributed by atoms with E-state index < -0.39 is 0 Å². The molecule has 3 nitrogen and oxygen atoms in total. The first-order chi connectivity index (χ1) is 8.65. The highest BCUT2D eigenvalue weighted by Gasteiger charge is 2.06. The van der Waals surface area contributed by atoms with Crippen molar-refractivity contribution in [2.75, 3.05) is 11.1 Å². The summed E-state index contributed by atoms with van der Waals surface area (Å²) < 4.78 is 0. The van der Waals surface area contributed by atoms with Gasteiger partial charge in [0.15, 0.2) is 0 Å². The van der Waals surface area contributed by atoms with E-state index in [4.69, 9.17) is 17.3 Å². The molecule has 2 aromatic rings. The highest BCUT2D eigenvalue weighted by Crippen LogP contribution is 2.24. The molecule has 0 aliphatic heterocycles. The Morgan fingerprint density at radius 1 is 1.17 bits per heavy atom. The molecule has 0 spiro atoms. The molecule has 2 aromatic carbocycles. The molecule has 0 atom stereocenters. The quantitative estimate of drug-likeness (QED) is 0.833. The van der Waals surface area contributed by atoms with Crippen LogP contribution in [0, 0.1) is 0 Å². The highest BCUT2D eigenvalue weighted by molar-refractivity contribution is 6.34. The fourth-order valence-electron chi connectivity index (χ4n) is 1.61. The average Bonchev–Trinajstić information content (AvgIpc) is 2.34. The molecule has 0 fully saturated rings. The fourth-order valence-corrected chi connectivity index (χ4v) is 1.84. The van der Waals surface area contributed by atoms with Crippen LogP contribution in [0.3, 0.4) is 0 Å². The molecule has 0 radical (unpaired) electrons. The van der Waals surface area contributed by atoms with Crippen LogP contribution in [0.5, 0.6) is 0 Å². The number of carbonyl (C=O) groups is 1. The zero-order valence-electron chi connectivity index (χ0n) is 9.69. The van der Waals surface area contributed by atoms with Crippen LogP contribution in [0.4, 0.5) is 11.4 Å². The molecule has 3 N–H and O–H groups in total. The standard InChI is InChI=1S/C14H13ClN2O/c15-12-9-11(16)6-7-13(12)17-14(18)8-10-4-2-1-3-5-10/h1-7,9H,8,16H2,(H,17,18). The van der Waals surface area contributed by atoms with Crippen molar-refractivity contribution < 1.29 is 4.79 Å². The molecule has 92 valence electrons. The van der Waals surface area contributed by atoms with Crippen LogP contribution in [0.2, 0.25) is 5.02 Å². The molecule has 0 bridgehead atoms. The van der Waals surface area contributed by atoms with Crippen molar-refractivity contribution in [3.05, 3.63) is 59.1 Å². The van der Waals surface area contributed by atoms with E-state index in [0.717, 1.165) is 5.56 Å². The lowest BCUT2D eigenvalue weighted by Gasteiger charge is -2.07. The number of nitrogen functional groups attached to an aromatic ring is 1. The first kappa shape index (κ1) is 12.5. The minimum absolute atomic E-state index is 0.104. The minimum atomic E-state index is -0.104. The Labute approximate surface area is 111 Å². The van der Waals surface area contributed by atoms with Gasteiger partial charge in [0.25, 0.3) is 0 Å².